The lowest BCUT2D eigenvalue weighted by Crippen LogP contribution is -2.43. The van der Waals surface area contributed by atoms with E-state index in [2.05, 4.69) is 0 Å². The second-order valence-electron chi connectivity index (χ2n) is 5.60. The van der Waals surface area contributed by atoms with Crippen LogP contribution in [0.4, 0.5) is 0 Å². The van der Waals surface area contributed by atoms with Crippen molar-refractivity contribution >= 4 is 17.8 Å². The molecule has 1 rings (SSSR count). The molecule has 0 aromatic rings. The summed E-state index contributed by atoms with van der Waals surface area (Å²) < 4.78 is 4.95. The zero-order valence-corrected chi connectivity index (χ0v) is 13.4. The number of carboxylic acid groups (broad SMARTS) is 1. The molecule has 22 heavy (non-hydrogen) atoms. The maximum absolute atomic E-state index is 12.1. The van der Waals surface area contributed by atoms with E-state index in [9.17, 15) is 14.4 Å². The van der Waals surface area contributed by atoms with E-state index in [1.54, 1.807) is 7.11 Å². The molecule has 126 valence electrons. The zero-order chi connectivity index (χ0) is 16.5. The van der Waals surface area contributed by atoms with Gasteiger partial charge in [0.1, 0.15) is 6.54 Å². The second-order valence-corrected chi connectivity index (χ2v) is 5.60. The van der Waals surface area contributed by atoms with Crippen LogP contribution in [0.1, 0.15) is 39.0 Å². The van der Waals surface area contributed by atoms with Crippen molar-refractivity contribution in [3.8, 4) is 0 Å². The van der Waals surface area contributed by atoms with Crippen molar-refractivity contribution in [1.29, 1.82) is 0 Å². The third kappa shape index (κ3) is 6.01. The Hall–Kier alpha value is -1.63. The summed E-state index contributed by atoms with van der Waals surface area (Å²) in [6.45, 7) is 2.92. The van der Waals surface area contributed by atoms with Gasteiger partial charge in [0, 0.05) is 46.2 Å². The van der Waals surface area contributed by atoms with Crippen LogP contribution >= 0.6 is 0 Å². The molecule has 0 radical (unpaired) electrons. The van der Waals surface area contributed by atoms with Gasteiger partial charge < -0.3 is 19.6 Å². The van der Waals surface area contributed by atoms with Crippen LogP contribution < -0.4 is 0 Å². The molecule has 1 fully saturated rings. The van der Waals surface area contributed by atoms with Crippen LogP contribution in [0.3, 0.4) is 0 Å². The first kappa shape index (κ1) is 18.4. The largest absolute Gasteiger partial charge is 0.480 e. The van der Waals surface area contributed by atoms with Crippen molar-refractivity contribution in [3.05, 3.63) is 0 Å². The van der Waals surface area contributed by atoms with E-state index in [0.717, 1.165) is 12.8 Å². The Morgan fingerprint density at radius 3 is 2.59 bits per heavy atom. The van der Waals surface area contributed by atoms with E-state index in [0.29, 0.717) is 39.0 Å². The minimum Gasteiger partial charge on any atom is -0.480 e. The molecule has 2 amide bonds. The molecule has 1 saturated heterocycles. The fourth-order valence-corrected chi connectivity index (χ4v) is 2.81. The number of carboxylic acids is 1. The Balaban J connectivity index is 2.54. The normalized spacial score (nSPS) is 18.6. The van der Waals surface area contributed by atoms with Gasteiger partial charge in [0.05, 0.1) is 0 Å². The average molecular weight is 314 g/mol. The predicted molar refractivity (Wildman–Crippen MR) is 80.4 cm³/mol. The van der Waals surface area contributed by atoms with Crippen LogP contribution in [0.5, 0.6) is 0 Å². The number of likely N-dealkylation sites (tertiary alicyclic amines) is 1. The molecule has 0 spiro atoms. The van der Waals surface area contributed by atoms with Crippen LogP contribution in [-0.4, -0.2) is 72.1 Å². The average Bonchev–Trinajstić information content (AvgIpc) is 2.70. The molecular weight excluding hydrogens is 288 g/mol. The summed E-state index contributed by atoms with van der Waals surface area (Å²) in [5, 5.41) is 8.92. The van der Waals surface area contributed by atoms with Crippen LogP contribution in [0.2, 0.25) is 0 Å². The fourth-order valence-electron chi connectivity index (χ4n) is 2.81. The van der Waals surface area contributed by atoms with Crippen molar-refractivity contribution < 1.29 is 24.2 Å². The summed E-state index contributed by atoms with van der Waals surface area (Å²) in [5.41, 5.74) is 0. The molecule has 0 aromatic heterocycles. The van der Waals surface area contributed by atoms with Gasteiger partial charge in [0.15, 0.2) is 0 Å². The molecule has 0 aromatic carbocycles. The Morgan fingerprint density at radius 1 is 1.27 bits per heavy atom. The molecule has 1 aliphatic heterocycles. The van der Waals surface area contributed by atoms with Gasteiger partial charge in [0.25, 0.3) is 0 Å². The molecule has 0 aliphatic carbocycles. The number of aliphatic carboxylic acids is 1. The predicted octanol–water partition coefficient (Wildman–Crippen LogP) is 0.727. The summed E-state index contributed by atoms with van der Waals surface area (Å²) in [5.74, 6) is -1.13. The van der Waals surface area contributed by atoms with E-state index < -0.39 is 5.97 Å². The third-order valence-electron chi connectivity index (χ3n) is 3.94. The highest BCUT2D eigenvalue weighted by Crippen LogP contribution is 2.18. The number of carbonyl (C=O) groups is 3. The minimum atomic E-state index is -1.01. The third-order valence-corrected chi connectivity index (χ3v) is 3.94. The van der Waals surface area contributed by atoms with Crippen LogP contribution in [0.25, 0.3) is 0 Å². The van der Waals surface area contributed by atoms with Gasteiger partial charge in [0.2, 0.25) is 11.8 Å². The summed E-state index contributed by atoms with van der Waals surface area (Å²) in [7, 11) is 1.61. The van der Waals surface area contributed by atoms with E-state index in [1.807, 2.05) is 4.90 Å². The summed E-state index contributed by atoms with van der Waals surface area (Å²) in [6, 6.07) is -0.106. The molecule has 1 heterocycles. The molecule has 1 atom stereocenters. The van der Waals surface area contributed by atoms with E-state index in [-0.39, 0.29) is 24.4 Å². The SMILES string of the molecule is COCCCC(=O)N1CCCC(N(CC(=O)O)C(C)=O)CC1. The van der Waals surface area contributed by atoms with Crippen LogP contribution in [0.15, 0.2) is 0 Å². The van der Waals surface area contributed by atoms with Gasteiger partial charge in [-0.2, -0.15) is 0 Å². The quantitative estimate of drug-likeness (QED) is 0.700. The standard InChI is InChI=1S/C15H26N2O5/c1-12(18)17(11-15(20)21)13-5-3-8-16(9-7-13)14(19)6-4-10-22-2/h13H,3-11H2,1-2H3,(H,20,21). The molecule has 1 N–H and O–H groups in total. The van der Waals surface area contributed by atoms with Crippen molar-refractivity contribution in [3.63, 3.8) is 0 Å². The maximum Gasteiger partial charge on any atom is 0.323 e. The van der Waals surface area contributed by atoms with Crippen molar-refractivity contribution in [2.75, 3.05) is 33.4 Å². The Morgan fingerprint density at radius 2 is 2.00 bits per heavy atom. The maximum atomic E-state index is 12.1. The highest BCUT2D eigenvalue weighted by atomic mass is 16.5. The van der Waals surface area contributed by atoms with Gasteiger partial charge in [-0.15, -0.1) is 0 Å². The van der Waals surface area contributed by atoms with Gasteiger partial charge in [-0.25, -0.2) is 0 Å². The molecule has 0 bridgehead atoms. The number of rotatable bonds is 7. The summed E-state index contributed by atoms with van der Waals surface area (Å²) in [6.07, 6.45) is 3.31. The molecule has 7 heteroatoms. The van der Waals surface area contributed by atoms with Gasteiger partial charge in [-0.3, -0.25) is 14.4 Å². The summed E-state index contributed by atoms with van der Waals surface area (Å²) in [4.78, 5) is 37.9. The highest BCUT2D eigenvalue weighted by Gasteiger charge is 2.27. The van der Waals surface area contributed by atoms with Crippen molar-refractivity contribution in [2.24, 2.45) is 0 Å². The van der Waals surface area contributed by atoms with E-state index >= 15 is 0 Å². The lowest BCUT2D eigenvalue weighted by Gasteiger charge is -2.28. The first-order valence-corrected chi connectivity index (χ1v) is 7.71. The smallest absolute Gasteiger partial charge is 0.323 e. The molecule has 7 nitrogen and oxygen atoms in total. The minimum absolute atomic E-state index is 0.102. The number of nitrogens with zero attached hydrogens (tertiary/aromatic N) is 2. The number of ether oxygens (including phenoxy) is 1. The lowest BCUT2D eigenvalue weighted by atomic mass is 10.1. The second kappa shape index (κ2) is 9.40. The van der Waals surface area contributed by atoms with Gasteiger partial charge >= 0.3 is 5.97 Å². The number of hydrogen-bond acceptors (Lipinski definition) is 4. The molecular formula is C15H26N2O5. The fraction of sp³-hybridized carbons (Fsp3) is 0.800. The van der Waals surface area contributed by atoms with E-state index in [1.165, 1.54) is 11.8 Å². The topological polar surface area (TPSA) is 87.2 Å². The first-order valence-electron chi connectivity index (χ1n) is 7.71. The molecule has 1 unspecified atom stereocenters. The highest BCUT2D eigenvalue weighted by molar-refractivity contribution is 5.80. The van der Waals surface area contributed by atoms with Crippen molar-refractivity contribution in [2.45, 2.75) is 45.1 Å². The Bertz CT molecular complexity index is 399. The Labute approximate surface area is 131 Å². The molecule has 0 saturated carbocycles. The summed E-state index contributed by atoms with van der Waals surface area (Å²) >= 11 is 0. The Kier molecular flexibility index (Phi) is 7.87. The lowest BCUT2D eigenvalue weighted by molar-refractivity contribution is -0.145. The molecule has 1 aliphatic rings. The number of amides is 2. The van der Waals surface area contributed by atoms with E-state index in [4.69, 9.17) is 9.84 Å². The monoisotopic (exact) mass is 314 g/mol. The first-order chi connectivity index (χ1) is 10.5. The van der Waals surface area contributed by atoms with Crippen molar-refractivity contribution in [1.82, 2.24) is 9.80 Å². The van der Waals surface area contributed by atoms with Crippen LogP contribution in [-0.2, 0) is 19.1 Å². The van der Waals surface area contributed by atoms with Gasteiger partial charge in [-0.1, -0.05) is 0 Å². The van der Waals surface area contributed by atoms with Gasteiger partial charge in [-0.05, 0) is 25.7 Å². The number of methoxy groups -OCH3 is 1. The van der Waals surface area contributed by atoms with Crippen LogP contribution in [0, 0.1) is 0 Å². The number of carbonyl (C=O) groups excluding carboxylic acids is 2. The number of hydrogen-bond donors (Lipinski definition) is 1. The zero-order valence-electron chi connectivity index (χ0n) is 13.4.